The van der Waals surface area contributed by atoms with Gasteiger partial charge in [0.05, 0.1) is 12.7 Å². The quantitative estimate of drug-likeness (QED) is 0.788. The number of hydrogen-bond acceptors (Lipinski definition) is 4. The van der Waals surface area contributed by atoms with Crippen molar-refractivity contribution in [2.75, 3.05) is 23.4 Å². The van der Waals surface area contributed by atoms with Crippen LogP contribution in [0.1, 0.15) is 25.7 Å². The molecule has 3 rings (SSSR count). The first kappa shape index (κ1) is 13.2. The third-order valence-electron chi connectivity index (χ3n) is 4.06. The van der Waals surface area contributed by atoms with Crippen molar-refractivity contribution >= 4 is 17.4 Å². The molecule has 108 valence electrons. The van der Waals surface area contributed by atoms with Gasteiger partial charge >= 0.3 is 5.92 Å². The molecule has 0 radical (unpaired) electrons. The number of amides is 1. The molecular formula is C13H16F2N4O. The molecule has 1 aliphatic heterocycles. The molecule has 2 aliphatic rings. The summed E-state index contributed by atoms with van der Waals surface area (Å²) in [6.45, 7) is -0.606. The van der Waals surface area contributed by atoms with E-state index in [1.807, 2.05) is 0 Å². The van der Waals surface area contributed by atoms with Crippen LogP contribution in [0.15, 0.2) is 12.5 Å². The Morgan fingerprint density at radius 3 is 2.75 bits per heavy atom. The number of anilines is 2. The van der Waals surface area contributed by atoms with E-state index in [1.54, 1.807) is 4.90 Å². The highest BCUT2D eigenvalue weighted by Gasteiger charge is 2.48. The van der Waals surface area contributed by atoms with Gasteiger partial charge in [-0.2, -0.15) is 8.78 Å². The molecule has 0 aromatic carbocycles. The van der Waals surface area contributed by atoms with Gasteiger partial charge in [-0.05, 0) is 12.8 Å². The third-order valence-corrected chi connectivity index (χ3v) is 4.06. The normalized spacial score (nSPS) is 22.9. The molecule has 7 heteroatoms. The molecule has 0 atom stereocenters. The van der Waals surface area contributed by atoms with Crippen LogP contribution in [0.5, 0.6) is 0 Å². The largest absolute Gasteiger partial charge is 0.345 e. The lowest BCUT2D eigenvalue weighted by molar-refractivity contribution is -0.140. The Morgan fingerprint density at radius 1 is 1.35 bits per heavy atom. The Hall–Kier alpha value is -1.79. The van der Waals surface area contributed by atoms with E-state index in [-0.39, 0.29) is 6.04 Å². The minimum atomic E-state index is -3.40. The van der Waals surface area contributed by atoms with E-state index in [9.17, 15) is 13.6 Å². The van der Waals surface area contributed by atoms with Crippen LogP contribution >= 0.6 is 0 Å². The highest BCUT2D eigenvalue weighted by Crippen LogP contribution is 2.38. The topological polar surface area (TPSA) is 49.3 Å². The summed E-state index contributed by atoms with van der Waals surface area (Å²) in [6, 6.07) is 0.0221. The summed E-state index contributed by atoms with van der Waals surface area (Å²) in [5.41, 5.74) is 0.349. The number of rotatable bonds is 1. The van der Waals surface area contributed by atoms with E-state index in [2.05, 4.69) is 9.97 Å². The van der Waals surface area contributed by atoms with E-state index >= 15 is 0 Å². The highest BCUT2D eigenvalue weighted by molar-refractivity contribution is 6.01. The van der Waals surface area contributed by atoms with Gasteiger partial charge in [0.25, 0.3) is 5.91 Å². The predicted molar refractivity (Wildman–Crippen MR) is 70.0 cm³/mol. The Bertz CT molecular complexity index is 531. The van der Waals surface area contributed by atoms with Crippen molar-refractivity contribution in [2.45, 2.75) is 37.6 Å². The van der Waals surface area contributed by atoms with Gasteiger partial charge in [-0.3, -0.25) is 4.79 Å². The fourth-order valence-corrected chi connectivity index (χ4v) is 3.00. The van der Waals surface area contributed by atoms with Crippen LogP contribution in [0.3, 0.4) is 0 Å². The maximum Gasteiger partial charge on any atom is 0.342 e. The fraction of sp³-hybridized carbons (Fsp3) is 0.615. The summed E-state index contributed by atoms with van der Waals surface area (Å²) < 4.78 is 28.2. The summed E-state index contributed by atoms with van der Waals surface area (Å²) in [5, 5.41) is 0. The average molecular weight is 282 g/mol. The number of carbonyl (C=O) groups excluding carboxylic acids is 1. The molecule has 1 saturated carbocycles. The predicted octanol–water partition coefficient (Wildman–Crippen LogP) is 1.84. The zero-order valence-electron chi connectivity index (χ0n) is 11.2. The van der Waals surface area contributed by atoms with Gasteiger partial charge in [-0.1, -0.05) is 12.8 Å². The molecular weight excluding hydrogens is 266 g/mol. The minimum Gasteiger partial charge on any atom is -0.345 e. The summed E-state index contributed by atoms with van der Waals surface area (Å²) in [7, 11) is 1.34. The van der Waals surface area contributed by atoms with Crippen LogP contribution in [0.4, 0.5) is 20.3 Å². The zero-order valence-corrected chi connectivity index (χ0v) is 11.2. The highest BCUT2D eigenvalue weighted by atomic mass is 19.3. The second-order valence-corrected chi connectivity index (χ2v) is 5.37. The maximum absolute atomic E-state index is 14.1. The molecule has 5 nitrogen and oxygen atoms in total. The molecule has 0 saturated heterocycles. The van der Waals surface area contributed by atoms with Crippen molar-refractivity contribution in [3.8, 4) is 0 Å². The van der Waals surface area contributed by atoms with Gasteiger partial charge in [-0.15, -0.1) is 0 Å². The van der Waals surface area contributed by atoms with Crippen molar-refractivity contribution in [3.63, 3.8) is 0 Å². The monoisotopic (exact) mass is 282 g/mol. The molecule has 1 aromatic rings. The van der Waals surface area contributed by atoms with Crippen LogP contribution in [-0.2, 0) is 4.79 Å². The molecule has 20 heavy (non-hydrogen) atoms. The lowest BCUT2D eigenvalue weighted by Crippen LogP contribution is -2.48. The first-order chi connectivity index (χ1) is 9.50. The lowest BCUT2D eigenvalue weighted by Gasteiger charge is -2.30. The Labute approximate surface area is 115 Å². The number of halogens is 2. The van der Waals surface area contributed by atoms with Crippen molar-refractivity contribution < 1.29 is 13.6 Å². The second-order valence-electron chi connectivity index (χ2n) is 5.37. The standard InChI is InChI=1S/C13H16F2N4O/c1-18-10-6-16-8-17-11(10)19(9-4-2-3-5-9)7-13(14,15)12(18)20/h6,8-9H,2-5,7H2,1H3. The number of alkyl halides is 2. The van der Waals surface area contributed by atoms with E-state index in [0.717, 1.165) is 30.6 Å². The smallest absolute Gasteiger partial charge is 0.342 e. The molecule has 0 bridgehead atoms. The Kier molecular flexibility index (Phi) is 3.07. The molecule has 1 aromatic heterocycles. The van der Waals surface area contributed by atoms with Gasteiger partial charge in [0.1, 0.15) is 12.0 Å². The van der Waals surface area contributed by atoms with E-state index in [4.69, 9.17) is 0 Å². The number of carbonyl (C=O) groups is 1. The summed E-state index contributed by atoms with van der Waals surface area (Å²) >= 11 is 0. The van der Waals surface area contributed by atoms with Crippen LogP contribution in [0.2, 0.25) is 0 Å². The van der Waals surface area contributed by atoms with E-state index < -0.39 is 18.4 Å². The molecule has 1 fully saturated rings. The van der Waals surface area contributed by atoms with Gasteiger partial charge in [0, 0.05) is 13.1 Å². The summed E-state index contributed by atoms with van der Waals surface area (Å²) in [6.07, 6.45) is 6.52. The third kappa shape index (κ3) is 2.01. The first-order valence-corrected chi connectivity index (χ1v) is 6.73. The fourth-order valence-electron chi connectivity index (χ4n) is 3.00. The van der Waals surface area contributed by atoms with Crippen LogP contribution < -0.4 is 9.80 Å². The number of hydrogen-bond donors (Lipinski definition) is 0. The molecule has 2 heterocycles. The van der Waals surface area contributed by atoms with Crippen molar-refractivity contribution in [3.05, 3.63) is 12.5 Å². The average Bonchev–Trinajstić information content (AvgIpc) is 2.95. The van der Waals surface area contributed by atoms with Crippen LogP contribution in [0.25, 0.3) is 0 Å². The molecule has 1 amide bonds. The number of fused-ring (bicyclic) bond motifs is 1. The van der Waals surface area contributed by atoms with Crippen molar-refractivity contribution in [1.29, 1.82) is 0 Å². The second kappa shape index (κ2) is 4.64. The van der Waals surface area contributed by atoms with E-state index in [1.165, 1.54) is 19.6 Å². The van der Waals surface area contributed by atoms with Crippen molar-refractivity contribution in [1.82, 2.24) is 9.97 Å². The Balaban J connectivity index is 2.08. The zero-order chi connectivity index (χ0) is 14.3. The minimum absolute atomic E-state index is 0.0221. The van der Waals surface area contributed by atoms with Gasteiger partial charge in [0.2, 0.25) is 0 Å². The maximum atomic E-state index is 14.1. The van der Waals surface area contributed by atoms with Crippen LogP contribution in [0, 0.1) is 0 Å². The van der Waals surface area contributed by atoms with Crippen LogP contribution in [-0.4, -0.2) is 41.4 Å². The molecule has 1 aliphatic carbocycles. The molecule has 0 N–H and O–H groups in total. The van der Waals surface area contributed by atoms with Gasteiger partial charge < -0.3 is 9.80 Å². The summed E-state index contributed by atoms with van der Waals surface area (Å²) in [4.78, 5) is 22.4. The first-order valence-electron chi connectivity index (χ1n) is 6.73. The van der Waals surface area contributed by atoms with Gasteiger partial charge in [-0.25, -0.2) is 9.97 Å². The summed E-state index contributed by atoms with van der Waals surface area (Å²) in [5.74, 6) is -4.17. The SMILES string of the molecule is CN1C(=O)C(F)(F)CN(C2CCCC2)c2ncncc21. The lowest BCUT2D eigenvalue weighted by atomic mass is 10.2. The molecule has 0 unspecified atom stereocenters. The Morgan fingerprint density at radius 2 is 2.05 bits per heavy atom. The molecule has 0 spiro atoms. The van der Waals surface area contributed by atoms with E-state index in [0.29, 0.717) is 11.5 Å². The van der Waals surface area contributed by atoms with Crippen molar-refractivity contribution in [2.24, 2.45) is 0 Å². The number of nitrogens with zero attached hydrogens (tertiary/aromatic N) is 4. The van der Waals surface area contributed by atoms with Gasteiger partial charge in [0.15, 0.2) is 5.82 Å². The number of aromatic nitrogens is 2.